The van der Waals surface area contributed by atoms with Gasteiger partial charge >= 0.3 is 6.03 Å². The highest BCUT2D eigenvalue weighted by Crippen LogP contribution is 2.28. The number of halogens is 2. The van der Waals surface area contributed by atoms with E-state index in [0.29, 0.717) is 17.4 Å². The molecule has 0 unspecified atom stereocenters. The van der Waals surface area contributed by atoms with E-state index in [0.717, 1.165) is 16.9 Å². The number of carbonyl (C=O) groups is 1. The predicted octanol–water partition coefficient (Wildman–Crippen LogP) is 3.32. The first-order chi connectivity index (χ1) is 12.8. The summed E-state index contributed by atoms with van der Waals surface area (Å²) in [5, 5.41) is 2.86. The molecule has 1 atom stereocenters. The number of sulfonamides is 1. The molecule has 1 N–H and O–H groups in total. The van der Waals surface area contributed by atoms with Gasteiger partial charge in [0.1, 0.15) is 10.0 Å². The van der Waals surface area contributed by atoms with Crippen LogP contribution < -0.4 is 5.32 Å². The topological polar surface area (TPSA) is 69.7 Å². The SMILES string of the molecule is C[C@@H](NC(=O)N1CCN(S(=O)(=O)c2ccc(Cl)s2)CC1)c1ccc(F)cc1. The van der Waals surface area contributed by atoms with Crippen molar-refractivity contribution in [3.8, 4) is 0 Å². The minimum Gasteiger partial charge on any atom is -0.331 e. The number of thiophene rings is 1. The van der Waals surface area contributed by atoms with E-state index in [4.69, 9.17) is 11.6 Å². The summed E-state index contributed by atoms with van der Waals surface area (Å²) in [6, 6.07) is 8.42. The van der Waals surface area contributed by atoms with Crippen LogP contribution in [0, 0.1) is 5.82 Å². The van der Waals surface area contributed by atoms with Gasteiger partial charge in [-0.05, 0) is 36.8 Å². The zero-order valence-electron chi connectivity index (χ0n) is 14.6. The molecule has 0 saturated carbocycles. The molecule has 1 aromatic carbocycles. The lowest BCUT2D eigenvalue weighted by Gasteiger charge is -2.34. The number of carbonyl (C=O) groups excluding carboxylic acids is 1. The summed E-state index contributed by atoms with van der Waals surface area (Å²) in [4.78, 5) is 14.0. The zero-order chi connectivity index (χ0) is 19.6. The molecule has 0 aliphatic carbocycles. The number of hydrogen-bond donors (Lipinski definition) is 1. The Balaban J connectivity index is 1.57. The summed E-state index contributed by atoms with van der Waals surface area (Å²) >= 11 is 6.85. The molecule has 146 valence electrons. The normalized spacial score (nSPS) is 16.9. The largest absolute Gasteiger partial charge is 0.331 e. The lowest BCUT2D eigenvalue weighted by atomic mass is 10.1. The van der Waals surface area contributed by atoms with Crippen LogP contribution in [0.2, 0.25) is 4.34 Å². The quantitative estimate of drug-likeness (QED) is 0.807. The van der Waals surface area contributed by atoms with Crippen LogP contribution in [0.25, 0.3) is 0 Å². The molecule has 1 saturated heterocycles. The highest BCUT2D eigenvalue weighted by atomic mass is 35.5. The maximum atomic E-state index is 13.0. The van der Waals surface area contributed by atoms with Gasteiger partial charge in [-0.1, -0.05) is 23.7 Å². The third-order valence-electron chi connectivity index (χ3n) is 4.38. The molecule has 1 aliphatic heterocycles. The third kappa shape index (κ3) is 4.60. The second-order valence-corrected chi connectivity index (χ2v) is 10.1. The van der Waals surface area contributed by atoms with Gasteiger partial charge in [-0.15, -0.1) is 11.3 Å². The summed E-state index contributed by atoms with van der Waals surface area (Å²) in [6.07, 6.45) is 0. The van der Waals surface area contributed by atoms with E-state index in [2.05, 4.69) is 5.32 Å². The Morgan fingerprint density at radius 3 is 2.33 bits per heavy atom. The number of amides is 2. The van der Waals surface area contributed by atoms with Crippen LogP contribution in [0.4, 0.5) is 9.18 Å². The van der Waals surface area contributed by atoms with Crippen molar-refractivity contribution >= 4 is 39.0 Å². The van der Waals surface area contributed by atoms with E-state index in [1.54, 1.807) is 23.1 Å². The predicted molar refractivity (Wildman–Crippen MR) is 103 cm³/mol. The maximum absolute atomic E-state index is 13.0. The van der Waals surface area contributed by atoms with Crippen LogP contribution in [0.1, 0.15) is 18.5 Å². The number of urea groups is 1. The number of rotatable bonds is 4. The molecule has 1 fully saturated rings. The van der Waals surface area contributed by atoms with Crippen molar-refractivity contribution in [1.29, 1.82) is 0 Å². The zero-order valence-corrected chi connectivity index (χ0v) is 17.0. The van der Waals surface area contributed by atoms with Crippen LogP contribution >= 0.6 is 22.9 Å². The smallest absolute Gasteiger partial charge is 0.317 e. The third-order valence-corrected chi connectivity index (χ3v) is 7.98. The molecule has 3 rings (SSSR count). The molecule has 1 aliphatic rings. The van der Waals surface area contributed by atoms with Gasteiger partial charge in [0.15, 0.2) is 0 Å². The van der Waals surface area contributed by atoms with Crippen molar-refractivity contribution in [2.75, 3.05) is 26.2 Å². The molecule has 2 amide bonds. The van der Waals surface area contributed by atoms with Gasteiger partial charge in [-0.2, -0.15) is 4.31 Å². The molecular weight excluding hydrogens is 413 g/mol. The van der Waals surface area contributed by atoms with E-state index in [-0.39, 0.29) is 35.2 Å². The van der Waals surface area contributed by atoms with Crippen molar-refractivity contribution in [3.63, 3.8) is 0 Å². The van der Waals surface area contributed by atoms with Crippen molar-refractivity contribution < 1.29 is 17.6 Å². The van der Waals surface area contributed by atoms with Crippen molar-refractivity contribution in [3.05, 3.63) is 52.1 Å². The van der Waals surface area contributed by atoms with Gasteiger partial charge in [0.25, 0.3) is 10.0 Å². The Morgan fingerprint density at radius 2 is 1.78 bits per heavy atom. The van der Waals surface area contributed by atoms with Gasteiger partial charge in [0.05, 0.1) is 10.4 Å². The van der Waals surface area contributed by atoms with Crippen molar-refractivity contribution in [1.82, 2.24) is 14.5 Å². The molecule has 10 heteroatoms. The Labute approximate surface area is 166 Å². The van der Waals surface area contributed by atoms with Crippen LogP contribution in [-0.4, -0.2) is 49.8 Å². The minimum atomic E-state index is -3.59. The lowest BCUT2D eigenvalue weighted by molar-refractivity contribution is 0.169. The van der Waals surface area contributed by atoms with Gasteiger partial charge in [0, 0.05) is 26.2 Å². The average Bonchev–Trinajstić information content (AvgIpc) is 3.09. The highest BCUT2D eigenvalue weighted by molar-refractivity contribution is 7.91. The highest BCUT2D eigenvalue weighted by Gasteiger charge is 2.31. The Kier molecular flexibility index (Phi) is 6.05. The summed E-state index contributed by atoms with van der Waals surface area (Å²) in [6.45, 7) is 2.83. The number of nitrogens with one attached hydrogen (secondary N) is 1. The summed E-state index contributed by atoms with van der Waals surface area (Å²) in [5.41, 5.74) is 0.792. The minimum absolute atomic E-state index is 0.204. The standard InChI is InChI=1S/C17H19ClFN3O3S2/c1-12(13-2-4-14(19)5-3-13)20-17(23)21-8-10-22(11-9-21)27(24,25)16-7-6-15(18)26-16/h2-7,12H,8-11H2,1H3,(H,20,23)/t12-/m1/s1. The Bertz CT molecular complexity index is 910. The van der Waals surface area contributed by atoms with E-state index in [9.17, 15) is 17.6 Å². The van der Waals surface area contributed by atoms with Crippen LogP contribution in [0.15, 0.2) is 40.6 Å². The van der Waals surface area contributed by atoms with Crippen LogP contribution in [0.5, 0.6) is 0 Å². The molecule has 27 heavy (non-hydrogen) atoms. The van der Waals surface area contributed by atoms with Gasteiger partial charge in [0.2, 0.25) is 0 Å². The second kappa shape index (κ2) is 8.14. The molecule has 2 aromatic rings. The second-order valence-electron chi connectivity index (χ2n) is 6.17. The van der Waals surface area contributed by atoms with E-state index < -0.39 is 10.0 Å². The number of hydrogen-bond acceptors (Lipinski definition) is 4. The fourth-order valence-corrected chi connectivity index (χ4v) is 5.87. The average molecular weight is 432 g/mol. The fourth-order valence-electron chi connectivity index (χ4n) is 2.81. The van der Waals surface area contributed by atoms with Gasteiger partial charge in [-0.25, -0.2) is 17.6 Å². The van der Waals surface area contributed by atoms with Gasteiger partial charge in [-0.3, -0.25) is 0 Å². The lowest BCUT2D eigenvalue weighted by Crippen LogP contribution is -2.53. The van der Waals surface area contributed by atoms with Crippen LogP contribution in [0.3, 0.4) is 0 Å². The van der Waals surface area contributed by atoms with E-state index in [1.807, 2.05) is 6.92 Å². The molecule has 2 heterocycles. The first-order valence-corrected chi connectivity index (χ1v) is 11.0. The summed E-state index contributed by atoms with van der Waals surface area (Å²) in [7, 11) is -3.59. The summed E-state index contributed by atoms with van der Waals surface area (Å²) < 4.78 is 40.2. The fraction of sp³-hybridized carbons (Fsp3) is 0.353. The molecule has 0 spiro atoms. The molecule has 6 nitrogen and oxygen atoms in total. The monoisotopic (exact) mass is 431 g/mol. The number of nitrogens with zero attached hydrogens (tertiary/aromatic N) is 2. The molecular formula is C17H19ClFN3O3S2. The van der Waals surface area contributed by atoms with E-state index in [1.165, 1.54) is 22.5 Å². The molecule has 0 bridgehead atoms. The molecule has 0 radical (unpaired) electrons. The van der Waals surface area contributed by atoms with E-state index >= 15 is 0 Å². The number of piperazine rings is 1. The van der Waals surface area contributed by atoms with Crippen LogP contribution in [-0.2, 0) is 10.0 Å². The van der Waals surface area contributed by atoms with Crippen molar-refractivity contribution in [2.24, 2.45) is 0 Å². The first kappa shape index (κ1) is 20.1. The Hall–Kier alpha value is -1.68. The first-order valence-electron chi connectivity index (χ1n) is 8.34. The van der Waals surface area contributed by atoms with Crippen molar-refractivity contribution in [2.45, 2.75) is 17.2 Å². The Morgan fingerprint density at radius 1 is 1.15 bits per heavy atom. The number of benzene rings is 1. The molecule has 1 aromatic heterocycles. The maximum Gasteiger partial charge on any atom is 0.317 e. The van der Waals surface area contributed by atoms with Gasteiger partial charge < -0.3 is 10.2 Å². The summed E-state index contributed by atoms with van der Waals surface area (Å²) in [5.74, 6) is -0.332.